The van der Waals surface area contributed by atoms with Crippen molar-refractivity contribution in [2.45, 2.75) is 32.4 Å². The number of hydrogen-bond donors (Lipinski definition) is 0. The predicted molar refractivity (Wildman–Crippen MR) is 62.5 cm³/mol. The standard InChI is InChI=1S/C9H16O3S2/c1-4-7(8(10)11-5-2)14-9(13)12-6-3/h7H,4-6H2,1-3H3. The Labute approximate surface area is 94.5 Å². The van der Waals surface area contributed by atoms with Crippen molar-refractivity contribution in [3.05, 3.63) is 0 Å². The number of thiocarbonyl (C=S) groups is 1. The summed E-state index contributed by atoms with van der Waals surface area (Å²) in [6.07, 6.45) is 0.691. The van der Waals surface area contributed by atoms with E-state index >= 15 is 0 Å². The summed E-state index contributed by atoms with van der Waals surface area (Å²) in [5.41, 5.74) is 0. The summed E-state index contributed by atoms with van der Waals surface area (Å²) in [6, 6.07) is 0. The molecule has 0 aromatic heterocycles. The van der Waals surface area contributed by atoms with E-state index in [1.165, 1.54) is 11.8 Å². The normalized spacial score (nSPS) is 11.9. The fourth-order valence-corrected chi connectivity index (χ4v) is 2.02. The molecule has 0 aliphatic heterocycles. The van der Waals surface area contributed by atoms with Gasteiger partial charge in [0, 0.05) is 0 Å². The molecule has 0 fully saturated rings. The topological polar surface area (TPSA) is 35.5 Å². The Balaban J connectivity index is 4.01. The van der Waals surface area contributed by atoms with Gasteiger partial charge in [0.1, 0.15) is 5.25 Å². The highest BCUT2D eigenvalue weighted by atomic mass is 32.2. The number of rotatable bonds is 5. The summed E-state index contributed by atoms with van der Waals surface area (Å²) in [6.45, 7) is 6.50. The molecule has 0 aliphatic carbocycles. The van der Waals surface area contributed by atoms with Crippen LogP contribution in [0.5, 0.6) is 0 Å². The minimum Gasteiger partial charge on any atom is -0.479 e. The lowest BCUT2D eigenvalue weighted by atomic mass is 10.3. The number of carbonyl (C=O) groups excluding carboxylic acids is 1. The van der Waals surface area contributed by atoms with Gasteiger partial charge >= 0.3 is 5.97 Å². The molecule has 0 bridgehead atoms. The molecule has 0 saturated carbocycles. The number of ether oxygens (including phenoxy) is 2. The van der Waals surface area contributed by atoms with Crippen molar-refractivity contribution in [3.63, 3.8) is 0 Å². The van der Waals surface area contributed by atoms with E-state index in [2.05, 4.69) is 0 Å². The molecule has 1 atom stereocenters. The van der Waals surface area contributed by atoms with Crippen LogP contribution in [0.2, 0.25) is 0 Å². The summed E-state index contributed by atoms with van der Waals surface area (Å²) < 4.78 is 10.4. The maximum absolute atomic E-state index is 11.4. The first-order valence-corrected chi connectivity index (χ1v) is 5.94. The van der Waals surface area contributed by atoms with Crippen LogP contribution < -0.4 is 0 Å². The number of hydrogen-bond acceptors (Lipinski definition) is 5. The van der Waals surface area contributed by atoms with Crippen LogP contribution in [-0.2, 0) is 14.3 Å². The first-order chi connectivity index (χ1) is 6.65. The zero-order valence-electron chi connectivity index (χ0n) is 8.74. The molecular formula is C9H16O3S2. The molecule has 0 aromatic carbocycles. The SMILES string of the molecule is CCOC(=O)C(CC)SC(=S)OCC. The van der Waals surface area contributed by atoms with Crippen molar-refractivity contribution >= 4 is 34.3 Å². The lowest BCUT2D eigenvalue weighted by Crippen LogP contribution is -2.21. The third kappa shape index (κ3) is 5.44. The van der Waals surface area contributed by atoms with E-state index in [1.54, 1.807) is 6.92 Å². The minimum absolute atomic E-state index is 0.220. The van der Waals surface area contributed by atoms with Gasteiger partial charge in [-0.2, -0.15) is 0 Å². The quantitative estimate of drug-likeness (QED) is 0.541. The van der Waals surface area contributed by atoms with Crippen LogP contribution in [0.4, 0.5) is 0 Å². The third-order valence-corrected chi connectivity index (χ3v) is 2.95. The van der Waals surface area contributed by atoms with Crippen LogP contribution in [0.1, 0.15) is 27.2 Å². The minimum atomic E-state index is -0.242. The molecule has 0 saturated heterocycles. The molecule has 0 spiro atoms. The smallest absolute Gasteiger partial charge is 0.319 e. The Morgan fingerprint density at radius 3 is 2.29 bits per heavy atom. The van der Waals surface area contributed by atoms with E-state index in [0.717, 1.165) is 0 Å². The van der Waals surface area contributed by atoms with Crippen LogP contribution in [0.25, 0.3) is 0 Å². The van der Waals surface area contributed by atoms with Crippen molar-refractivity contribution < 1.29 is 14.3 Å². The van der Waals surface area contributed by atoms with Crippen LogP contribution in [0, 0.1) is 0 Å². The molecule has 0 radical (unpaired) electrons. The van der Waals surface area contributed by atoms with Gasteiger partial charge in [0.15, 0.2) is 0 Å². The lowest BCUT2D eigenvalue weighted by molar-refractivity contribution is -0.142. The van der Waals surface area contributed by atoms with E-state index in [1.807, 2.05) is 13.8 Å². The highest BCUT2D eigenvalue weighted by Crippen LogP contribution is 2.18. The van der Waals surface area contributed by atoms with Gasteiger partial charge in [-0.25, -0.2) is 0 Å². The number of thioether (sulfide) groups is 1. The van der Waals surface area contributed by atoms with Crippen molar-refractivity contribution in [2.24, 2.45) is 0 Å². The van der Waals surface area contributed by atoms with Crippen LogP contribution in [0.15, 0.2) is 0 Å². The summed E-state index contributed by atoms with van der Waals surface area (Å²) in [5.74, 6) is -0.220. The van der Waals surface area contributed by atoms with Gasteiger partial charge in [-0.05, 0) is 32.5 Å². The van der Waals surface area contributed by atoms with E-state index in [-0.39, 0.29) is 11.2 Å². The Morgan fingerprint density at radius 2 is 1.86 bits per heavy atom. The average molecular weight is 236 g/mol. The zero-order valence-corrected chi connectivity index (χ0v) is 10.4. The van der Waals surface area contributed by atoms with Gasteiger partial charge in [0.2, 0.25) is 4.38 Å². The average Bonchev–Trinajstić information content (AvgIpc) is 2.15. The first-order valence-electron chi connectivity index (χ1n) is 4.65. The molecule has 5 heteroatoms. The molecule has 0 rings (SSSR count). The van der Waals surface area contributed by atoms with Gasteiger partial charge < -0.3 is 9.47 Å². The van der Waals surface area contributed by atoms with Crippen LogP contribution in [-0.4, -0.2) is 28.8 Å². The highest BCUT2D eigenvalue weighted by Gasteiger charge is 2.20. The fourth-order valence-electron chi connectivity index (χ4n) is 0.801. The third-order valence-electron chi connectivity index (χ3n) is 1.42. The Bertz CT molecular complexity index is 194. The summed E-state index contributed by atoms with van der Waals surface area (Å²) in [4.78, 5) is 11.4. The van der Waals surface area contributed by atoms with E-state index < -0.39 is 0 Å². The molecular weight excluding hydrogens is 220 g/mol. The van der Waals surface area contributed by atoms with E-state index in [0.29, 0.717) is 24.0 Å². The maximum Gasteiger partial charge on any atom is 0.319 e. The lowest BCUT2D eigenvalue weighted by Gasteiger charge is -2.13. The first kappa shape index (κ1) is 13.7. The van der Waals surface area contributed by atoms with Crippen molar-refractivity contribution in [1.29, 1.82) is 0 Å². The van der Waals surface area contributed by atoms with Crippen molar-refractivity contribution in [1.82, 2.24) is 0 Å². The highest BCUT2D eigenvalue weighted by molar-refractivity contribution is 8.23. The number of carbonyl (C=O) groups is 1. The fraction of sp³-hybridized carbons (Fsp3) is 0.778. The molecule has 0 N–H and O–H groups in total. The largest absolute Gasteiger partial charge is 0.479 e. The monoisotopic (exact) mass is 236 g/mol. The zero-order chi connectivity index (χ0) is 11.0. The molecule has 82 valence electrons. The molecule has 0 amide bonds. The van der Waals surface area contributed by atoms with Gasteiger partial charge in [-0.3, -0.25) is 4.79 Å². The molecule has 14 heavy (non-hydrogen) atoms. The molecule has 0 aliphatic rings. The Morgan fingerprint density at radius 1 is 1.29 bits per heavy atom. The second-order valence-electron chi connectivity index (χ2n) is 2.45. The molecule has 0 aromatic rings. The molecule has 1 unspecified atom stereocenters. The van der Waals surface area contributed by atoms with Crippen molar-refractivity contribution in [3.8, 4) is 0 Å². The van der Waals surface area contributed by atoms with Gasteiger partial charge in [-0.1, -0.05) is 18.7 Å². The van der Waals surface area contributed by atoms with Gasteiger partial charge in [-0.15, -0.1) is 0 Å². The van der Waals surface area contributed by atoms with Gasteiger partial charge in [0.25, 0.3) is 0 Å². The van der Waals surface area contributed by atoms with Crippen LogP contribution in [0.3, 0.4) is 0 Å². The van der Waals surface area contributed by atoms with Crippen molar-refractivity contribution in [2.75, 3.05) is 13.2 Å². The van der Waals surface area contributed by atoms with Crippen LogP contribution >= 0.6 is 24.0 Å². The predicted octanol–water partition coefficient (Wildman–Crippen LogP) is 2.38. The maximum atomic E-state index is 11.4. The van der Waals surface area contributed by atoms with Gasteiger partial charge in [0.05, 0.1) is 13.2 Å². The molecule has 0 heterocycles. The van der Waals surface area contributed by atoms with E-state index in [9.17, 15) is 4.79 Å². The van der Waals surface area contributed by atoms with E-state index in [4.69, 9.17) is 21.7 Å². The number of esters is 1. The second kappa shape index (κ2) is 8.05. The molecule has 3 nitrogen and oxygen atoms in total. The summed E-state index contributed by atoms with van der Waals surface area (Å²) in [5, 5.41) is -0.242. The second-order valence-corrected chi connectivity index (χ2v) is 4.25. The summed E-state index contributed by atoms with van der Waals surface area (Å²) in [7, 11) is 0. The summed E-state index contributed by atoms with van der Waals surface area (Å²) >= 11 is 6.18. The Hall–Kier alpha value is -0.290. The Kier molecular flexibility index (Phi) is 7.89.